The van der Waals surface area contributed by atoms with Gasteiger partial charge in [-0.2, -0.15) is 0 Å². The van der Waals surface area contributed by atoms with Gasteiger partial charge in [-0.05, 0) is 24.6 Å². The molecule has 72 valence electrons. The average Bonchev–Trinajstić information content (AvgIpc) is 2.18. The number of alkyl halides is 1. The van der Waals surface area contributed by atoms with Crippen molar-refractivity contribution in [3.8, 4) is 5.75 Å². The Morgan fingerprint density at radius 2 is 2.00 bits per heavy atom. The van der Waals surface area contributed by atoms with Crippen LogP contribution in [0.25, 0.3) is 0 Å². The lowest BCUT2D eigenvalue weighted by Crippen LogP contribution is -1.98. The largest absolute Gasteiger partial charge is 0.494 e. The van der Waals surface area contributed by atoms with E-state index < -0.39 is 6.10 Å². The van der Waals surface area contributed by atoms with Crippen LogP contribution in [-0.4, -0.2) is 17.6 Å². The Balaban J connectivity index is 2.69. The number of hydrogen-bond donors (Lipinski definition) is 1. The monoisotopic (exact) mass is 200 g/mol. The van der Waals surface area contributed by atoms with Gasteiger partial charge in [0.05, 0.1) is 18.6 Å². The summed E-state index contributed by atoms with van der Waals surface area (Å²) in [5.74, 6) is 1.03. The van der Waals surface area contributed by atoms with Gasteiger partial charge in [0.15, 0.2) is 0 Å². The van der Waals surface area contributed by atoms with Gasteiger partial charge >= 0.3 is 0 Å². The molecule has 0 spiro atoms. The molecule has 0 fully saturated rings. The highest BCUT2D eigenvalue weighted by atomic mass is 35.5. The third kappa shape index (κ3) is 2.90. The fourth-order valence-electron chi connectivity index (χ4n) is 1.04. The van der Waals surface area contributed by atoms with Gasteiger partial charge in [0.1, 0.15) is 5.75 Å². The van der Waals surface area contributed by atoms with Crippen LogP contribution in [0.15, 0.2) is 24.3 Å². The van der Waals surface area contributed by atoms with Crippen molar-refractivity contribution >= 4 is 11.6 Å². The third-order valence-corrected chi connectivity index (χ3v) is 2.01. The maximum Gasteiger partial charge on any atom is 0.119 e. The Morgan fingerprint density at radius 3 is 2.46 bits per heavy atom. The lowest BCUT2D eigenvalue weighted by Gasteiger charge is -2.08. The number of aliphatic hydroxyl groups excluding tert-OH is 1. The van der Waals surface area contributed by atoms with Gasteiger partial charge in [-0.1, -0.05) is 12.1 Å². The van der Waals surface area contributed by atoms with Gasteiger partial charge in [0.2, 0.25) is 0 Å². The smallest absolute Gasteiger partial charge is 0.119 e. The molecule has 1 rings (SSSR count). The summed E-state index contributed by atoms with van der Waals surface area (Å²) in [6, 6.07) is 7.29. The van der Waals surface area contributed by atoms with E-state index in [-0.39, 0.29) is 5.88 Å². The molecular weight excluding hydrogens is 188 g/mol. The molecule has 0 radical (unpaired) electrons. The lowest BCUT2D eigenvalue weighted by atomic mass is 10.1. The van der Waals surface area contributed by atoms with E-state index >= 15 is 0 Å². The van der Waals surface area contributed by atoms with E-state index in [1.54, 1.807) is 0 Å². The molecule has 0 aliphatic rings. The molecule has 2 nitrogen and oxygen atoms in total. The zero-order valence-corrected chi connectivity index (χ0v) is 8.29. The van der Waals surface area contributed by atoms with Gasteiger partial charge in [0, 0.05) is 0 Å². The molecule has 13 heavy (non-hydrogen) atoms. The molecule has 1 N–H and O–H groups in total. The summed E-state index contributed by atoms with van der Waals surface area (Å²) in [5, 5.41) is 9.38. The highest BCUT2D eigenvalue weighted by Gasteiger charge is 2.04. The lowest BCUT2D eigenvalue weighted by molar-refractivity contribution is 0.202. The summed E-state index contributed by atoms with van der Waals surface area (Å²) in [6.45, 7) is 2.58. The predicted octanol–water partition coefficient (Wildman–Crippen LogP) is 2.36. The van der Waals surface area contributed by atoms with Gasteiger partial charge < -0.3 is 9.84 Å². The highest BCUT2D eigenvalue weighted by molar-refractivity contribution is 6.18. The van der Waals surface area contributed by atoms with Crippen molar-refractivity contribution in [2.45, 2.75) is 13.0 Å². The fourth-order valence-corrected chi connectivity index (χ4v) is 1.22. The van der Waals surface area contributed by atoms with Crippen LogP contribution < -0.4 is 4.74 Å². The van der Waals surface area contributed by atoms with Crippen LogP contribution >= 0.6 is 11.6 Å². The molecule has 0 saturated carbocycles. The minimum atomic E-state index is -0.586. The molecule has 0 saturated heterocycles. The van der Waals surface area contributed by atoms with Crippen LogP contribution in [0.1, 0.15) is 18.6 Å². The van der Waals surface area contributed by atoms with Gasteiger partial charge in [0.25, 0.3) is 0 Å². The van der Waals surface area contributed by atoms with Crippen molar-refractivity contribution in [1.29, 1.82) is 0 Å². The van der Waals surface area contributed by atoms with Crippen molar-refractivity contribution in [2.75, 3.05) is 12.5 Å². The van der Waals surface area contributed by atoms with Crippen molar-refractivity contribution in [3.05, 3.63) is 29.8 Å². The number of halogens is 1. The number of rotatable bonds is 4. The second-order valence-corrected chi connectivity index (χ2v) is 2.98. The van der Waals surface area contributed by atoms with Crippen LogP contribution in [0.5, 0.6) is 5.75 Å². The Labute approximate surface area is 83.1 Å². The summed E-state index contributed by atoms with van der Waals surface area (Å²) in [4.78, 5) is 0. The van der Waals surface area contributed by atoms with E-state index in [4.69, 9.17) is 16.3 Å². The molecule has 0 bridgehead atoms. The minimum absolute atomic E-state index is 0.216. The normalized spacial score (nSPS) is 12.5. The van der Waals surface area contributed by atoms with E-state index in [0.29, 0.717) is 6.61 Å². The molecule has 0 aromatic heterocycles. The Hall–Kier alpha value is -0.730. The first kappa shape index (κ1) is 10.4. The van der Waals surface area contributed by atoms with Crippen LogP contribution in [0.3, 0.4) is 0 Å². The Kier molecular flexibility index (Phi) is 4.06. The predicted molar refractivity (Wildman–Crippen MR) is 53.3 cm³/mol. The quantitative estimate of drug-likeness (QED) is 0.757. The van der Waals surface area contributed by atoms with Crippen molar-refractivity contribution in [1.82, 2.24) is 0 Å². The van der Waals surface area contributed by atoms with E-state index in [1.807, 2.05) is 31.2 Å². The van der Waals surface area contributed by atoms with Crippen LogP contribution in [0.4, 0.5) is 0 Å². The second-order valence-electron chi connectivity index (χ2n) is 2.67. The summed E-state index contributed by atoms with van der Waals surface area (Å²) >= 11 is 5.51. The molecule has 1 aromatic rings. The standard InChI is InChI=1S/C10H13ClO2/c1-2-13-9-5-3-8(4-6-9)10(12)7-11/h3-6,10,12H,2,7H2,1H3/t10-/m0/s1. The van der Waals surface area contributed by atoms with Crippen LogP contribution in [0, 0.1) is 0 Å². The summed E-state index contributed by atoms with van der Waals surface area (Å²) in [5.41, 5.74) is 0.818. The fraction of sp³-hybridized carbons (Fsp3) is 0.400. The summed E-state index contributed by atoms with van der Waals surface area (Å²) in [6.07, 6.45) is -0.586. The van der Waals surface area contributed by atoms with E-state index in [2.05, 4.69) is 0 Å². The SMILES string of the molecule is CCOc1ccc([C@@H](O)CCl)cc1. The molecule has 0 aliphatic carbocycles. The molecule has 1 atom stereocenters. The Morgan fingerprint density at radius 1 is 1.38 bits per heavy atom. The molecule has 0 amide bonds. The molecule has 0 heterocycles. The minimum Gasteiger partial charge on any atom is -0.494 e. The molecule has 0 aliphatic heterocycles. The van der Waals surface area contributed by atoms with Crippen molar-refractivity contribution in [3.63, 3.8) is 0 Å². The van der Waals surface area contributed by atoms with E-state index in [1.165, 1.54) is 0 Å². The van der Waals surface area contributed by atoms with Crippen LogP contribution in [-0.2, 0) is 0 Å². The average molecular weight is 201 g/mol. The first-order valence-corrected chi connectivity index (χ1v) is 4.78. The molecular formula is C10H13ClO2. The van der Waals surface area contributed by atoms with Gasteiger partial charge in [-0.3, -0.25) is 0 Å². The number of hydrogen-bond acceptors (Lipinski definition) is 2. The highest BCUT2D eigenvalue weighted by Crippen LogP contribution is 2.18. The summed E-state index contributed by atoms with van der Waals surface area (Å²) < 4.78 is 5.26. The Bertz CT molecular complexity index is 246. The van der Waals surface area contributed by atoms with E-state index in [0.717, 1.165) is 11.3 Å². The number of ether oxygens (including phenoxy) is 1. The molecule has 3 heteroatoms. The second kappa shape index (κ2) is 5.10. The van der Waals surface area contributed by atoms with Gasteiger partial charge in [-0.25, -0.2) is 0 Å². The number of benzene rings is 1. The molecule has 0 unspecified atom stereocenters. The zero-order chi connectivity index (χ0) is 9.68. The maximum absolute atomic E-state index is 9.38. The zero-order valence-electron chi connectivity index (χ0n) is 7.53. The number of aliphatic hydroxyl groups is 1. The topological polar surface area (TPSA) is 29.5 Å². The summed E-state index contributed by atoms with van der Waals surface area (Å²) in [7, 11) is 0. The van der Waals surface area contributed by atoms with Gasteiger partial charge in [-0.15, -0.1) is 11.6 Å². The van der Waals surface area contributed by atoms with E-state index in [9.17, 15) is 5.11 Å². The van der Waals surface area contributed by atoms with Crippen molar-refractivity contribution < 1.29 is 9.84 Å². The first-order valence-electron chi connectivity index (χ1n) is 4.24. The molecule has 1 aromatic carbocycles. The third-order valence-electron chi connectivity index (χ3n) is 1.72. The first-order chi connectivity index (χ1) is 6.27. The van der Waals surface area contributed by atoms with Crippen LogP contribution in [0.2, 0.25) is 0 Å². The van der Waals surface area contributed by atoms with Crippen molar-refractivity contribution in [2.24, 2.45) is 0 Å². The maximum atomic E-state index is 9.38.